The summed E-state index contributed by atoms with van der Waals surface area (Å²) in [6.45, 7) is -2.15. The van der Waals surface area contributed by atoms with Crippen LogP contribution in [0.3, 0.4) is 0 Å². The zero-order valence-corrected chi connectivity index (χ0v) is 14.1. The molecule has 3 N–H and O–H groups in total. The van der Waals surface area contributed by atoms with Crippen molar-refractivity contribution >= 4 is 16.0 Å². The number of ether oxygens (including phenoxy) is 2. The smallest absolute Gasteiger partial charge is 0.326 e. The van der Waals surface area contributed by atoms with Gasteiger partial charge in [-0.15, -0.1) is 0 Å². The number of hydrogen-bond donors (Lipinski definition) is 3. The summed E-state index contributed by atoms with van der Waals surface area (Å²) < 4.78 is 35.6. The third kappa shape index (κ3) is 4.65. The van der Waals surface area contributed by atoms with Crippen molar-refractivity contribution in [2.24, 2.45) is 0 Å². The molecule has 0 saturated carbocycles. The number of rotatable bonds is 9. The minimum absolute atomic E-state index is 0.171. The van der Waals surface area contributed by atoms with Gasteiger partial charge in [0.05, 0.1) is 38.4 Å². The van der Waals surface area contributed by atoms with Crippen molar-refractivity contribution in [3.63, 3.8) is 0 Å². The van der Waals surface area contributed by atoms with E-state index in [1.165, 1.54) is 31.4 Å². The lowest BCUT2D eigenvalue weighted by atomic mass is 10.3. The molecule has 0 aromatic heterocycles. The Hall–Kier alpha value is -1.72. The molecule has 24 heavy (non-hydrogen) atoms. The molecule has 0 unspecified atom stereocenters. The number of benzene rings is 1. The average Bonchev–Trinajstić information content (AvgIpc) is 2.60. The molecular weight excluding hydrogens is 342 g/mol. The molecule has 0 aliphatic heterocycles. The maximum Gasteiger partial charge on any atom is 0.326 e. The summed E-state index contributed by atoms with van der Waals surface area (Å²) in [5, 5.41) is 28.0. The molecule has 0 aliphatic carbocycles. The quantitative estimate of drug-likeness (QED) is 0.455. The zero-order valence-electron chi connectivity index (χ0n) is 13.3. The van der Waals surface area contributed by atoms with Gasteiger partial charge < -0.3 is 24.8 Å². The van der Waals surface area contributed by atoms with Gasteiger partial charge in [-0.05, 0) is 24.3 Å². The van der Waals surface area contributed by atoms with Crippen molar-refractivity contribution in [2.75, 3.05) is 34.0 Å². The van der Waals surface area contributed by atoms with E-state index in [2.05, 4.69) is 4.74 Å². The van der Waals surface area contributed by atoms with Crippen molar-refractivity contribution < 1.29 is 38.0 Å². The first-order chi connectivity index (χ1) is 11.3. The molecule has 1 aromatic rings. The molecule has 0 fully saturated rings. The van der Waals surface area contributed by atoms with E-state index in [0.717, 1.165) is 7.11 Å². The molecule has 0 spiro atoms. The molecule has 0 amide bonds. The van der Waals surface area contributed by atoms with Gasteiger partial charge in [0, 0.05) is 6.54 Å². The Balaban J connectivity index is 3.30. The SMILES string of the molecule is COC(=O)[C@@H](CO)N(C[C@H](O)CO)S(=O)(=O)c1ccc(OC)cc1. The highest BCUT2D eigenvalue weighted by molar-refractivity contribution is 7.89. The topological polar surface area (TPSA) is 134 Å². The molecule has 0 saturated heterocycles. The van der Waals surface area contributed by atoms with Crippen LogP contribution in [0.15, 0.2) is 29.2 Å². The number of carbonyl (C=O) groups excluding carboxylic acids is 1. The average molecular weight is 363 g/mol. The fourth-order valence-electron chi connectivity index (χ4n) is 1.96. The fraction of sp³-hybridized carbons (Fsp3) is 0.500. The minimum Gasteiger partial charge on any atom is -0.497 e. The molecule has 10 heteroatoms. The van der Waals surface area contributed by atoms with E-state index < -0.39 is 47.9 Å². The molecule has 1 rings (SSSR count). The molecular formula is C14H21NO8S. The first-order valence-electron chi connectivity index (χ1n) is 6.95. The summed E-state index contributed by atoms with van der Waals surface area (Å²) in [6.07, 6.45) is -1.43. The summed E-state index contributed by atoms with van der Waals surface area (Å²) in [6, 6.07) is 3.80. The van der Waals surface area contributed by atoms with E-state index in [9.17, 15) is 23.4 Å². The van der Waals surface area contributed by atoms with Crippen LogP contribution in [0.5, 0.6) is 5.75 Å². The van der Waals surface area contributed by atoms with E-state index in [4.69, 9.17) is 9.84 Å². The number of esters is 1. The Morgan fingerprint density at radius 1 is 1.17 bits per heavy atom. The second-order valence-corrected chi connectivity index (χ2v) is 6.70. The van der Waals surface area contributed by atoms with E-state index in [0.29, 0.717) is 10.1 Å². The van der Waals surface area contributed by atoms with Crippen LogP contribution in [0, 0.1) is 0 Å². The summed E-state index contributed by atoms with van der Waals surface area (Å²) >= 11 is 0. The van der Waals surface area contributed by atoms with Crippen LogP contribution < -0.4 is 4.74 Å². The van der Waals surface area contributed by atoms with Crippen molar-refractivity contribution in [3.05, 3.63) is 24.3 Å². The van der Waals surface area contributed by atoms with E-state index in [-0.39, 0.29) is 4.90 Å². The molecule has 1 aromatic carbocycles. The Morgan fingerprint density at radius 3 is 2.17 bits per heavy atom. The summed E-state index contributed by atoms with van der Waals surface area (Å²) in [5.41, 5.74) is 0. The number of sulfonamides is 1. The van der Waals surface area contributed by atoms with Gasteiger partial charge in [-0.3, -0.25) is 4.79 Å². The van der Waals surface area contributed by atoms with Gasteiger partial charge in [-0.25, -0.2) is 8.42 Å². The van der Waals surface area contributed by atoms with Gasteiger partial charge in [0.1, 0.15) is 11.8 Å². The van der Waals surface area contributed by atoms with Gasteiger partial charge in [0.2, 0.25) is 10.0 Å². The third-order valence-electron chi connectivity index (χ3n) is 3.26. The molecule has 0 heterocycles. The highest BCUT2D eigenvalue weighted by Crippen LogP contribution is 2.22. The highest BCUT2D eigenvalue weighted by atomic mass is 32.2. The normalized spacial score (nSPS) is 14.2. The summed E-state index contributed by atoms with van der Waals surface area (Å²) in [7, 11) is -1.78. The van der Waals surface area contributed by atoms with Crippen LogP contribution in [0.25, 0.3) is 0 Å². The monoisotopic (exact) mass is 363 g/mol. The Morgan fingerprint density at radius 2 is 1.75 bits per heavy atom. The van der Waals surface area contributed by atoms with Gasteiger partial charge in [0.25, 0.3) is 0 Å². The van der Waals surface area contributed by atoms with Crippen molar-refractivity contribution in [1.29, 1.82) is 0 Å². The minimum atomic E-state index is -4.25. The van der Waals surface area contributed by atoms with E-state index in [1.54, 1.807) is 0 Å². The van der Waals surface area contributed by atoms with Gasteiger partial charge >= 0.3 is 5.97 Å². The van der Waals surface area contributed by atoms with Crippen LogP contribution in [0.4, 0.5) is 0 Å². The number of aliphatic hydroxyl groups is 3. The lowest BCUT2D eigenvalue weighted by Crippen LogP contribution is -2.51. The lowest BCUT2D eigenvalue weighted by molar-refractivity contribution is -0.146. The number of nitrogens with zero attached hydrogens (tertiary/aromatic N) is 1. The Kier molecular flexibility index (Phi) is 7.58. The number of hydrogen-bond acceptors (Lipinski definition) is 8. The first-order valence-corrected chi connectivity index (χ1v) is 8.39. The van der Waals surface area contributed by atoms with Crippen LogP contribution in [0.2, 0.25) is 0 Å². The second kappa shape index (κ2) is 8.94. The van der Waals surface area contributed by atoms with Crippen molar-refractivity contribution in [3.8, 4) is 5.75 Å². The summed E-state index contributed by atoms with van der Waals surface area (Å²) in [5.74, 6) is -0.553. The fourth-order valence-corrected chi connectivity index (χ4v) is 3.57. The maximum atomic E-state index is 12.8. The zero-order chi connectivity index (χ0) is 18.3. The Labute approximate surface area is 140 Å². The molecule has 9 nitrogen and oxygen atoms in total. The third-order valence-corrected chi connectivity index (χ3v) is 5.15. The second-order valence-electron chi connectivity index (χ2n) is 4.81. The van der Waals surface area contributed by atoms with E-state index >= 15 is 0 Å². The van der Waals surface area contributed by atoms with Gasteiger partial charge in [-0.1, -0.05) is 0 Å². The van der Waals surface area contributed by atoms with Crippen molar-refractivity contribution in [1.82, 2.24) is 4.31 Å². The predicted octanol–water partition coefficient (Wildman–Crippen LogP) is -1.43. The standard InChI is InChI=1S/C14H21NO8S/c1-22-11-3-5-12(6-4-11)24(20,21)15(7-10(18)8-16)13(9-17)14(19)23-2/h3-6,10,13,16-18H,7-9H2,1-2H3/t10-,13+/m0/s1. The molecule has 0 aliphatic rings. The Bertz CT molecular complexity index is 631. The first kappa shape index (κ1) is 20.3. The summed E-state index contributed by atoms with van der Waals surface area (Å²) in [4.78, 5) is 11.6. The van der Waals surface area contributed by atoms with E-state index in [1.807, 2.05) is 0 Å². The van der Waals surface area contributed by atoms with Crippen LogP contribution in [0.1, 0.15) is 0 Å². The van der Waals surface area contributed by atoms with Crippen LogP contribution >= 0.6 is 0 Å². The lowest BCUT2D eigenvalue weighted by Gasteiger charge is -2.29. The van der Waals surface area contributed by atoms with Gasteiger partial charge in [-0.2, -0.15) is 4.31 Å². The number of methoxy groups -OCH3 is 2. The van der Waals surface area contributed by atoms with Crippen molar-refractivity contribution in [2.45, 2.75) is 17.0 Å². The molecule has 0 bridgehead atoms. The maximum absolute atomic E-state index is 12.8. The highest BCUT2D eigenvalue weighted by Gasteiger charge is 2.37. The van der Waals surface area contributed by atoms with Gasteiger partial charge in [0.15, 0.2) is 0 Å². The number of carbonyl (C=O) groups is 1. The largest absolute Gasteiger partial charge is 0.497 e. The molecule has 2 atom stereocenters. The predicted molar refractivity (Wildman–Crippen MR) is 82.9 cm³/mol. The van der Waals surface area contributed by atoms with Crippen LogP contribution in [-0.4, -0.2) is 80.1 Å². The molecule has 136 valence electrons. The van der Waals surface area contributed by atoms with Crippen LogP contribution in [-0.2, 0) is 19.6 Å². The molecule has 0 radical (unpaired) electrons. The number of aliphatic hydroxyl groups excluding tert-OH is 3.